The topological polar surface area (TPSA) is 101 Å². The number of alkyl halides is 3. The summed E-state index contributed by atoms with van der Waals surface area (Å²) >= 11 is 0. The van der Waals surface area contributed by atoms with E-state index in [1.807, 2.05) is 0 Å². The standard InChI is InChI=1S/C13H13F3N4O4/c1-2-24-11(23)19-12(13(14,15)16)9(21)20(10(22)18-12)7-8-4-3-5-17-6-8/h3-6H,2,7H2,1H3,(H,18,22)(H,19,23)/t12-/m0/s1. The van der Waals surface area contributed by atoms with Crippen LogP contribution in [0.3, 0.4) is 0 Å². The average Bonchev–Trinajstić information content (AvgIpc) is 2.73. The number of urea groups is 1. The first-order chi connectivity index (χ1) is 11.2. The molecule has 11 heteroatoms. The summed E-state index contributed by atoms with van der Waals surface area (Å²) in [5.41, 5.74) is -3.23. The van der Waals surface area contributed by atoms with Crippen LogP contribution in [0.4, 0.5) is 22.8 Å². The highest BCUT2D eigenvalue weighted by atomic mass is 19.4. The monoisotopic (exact) mass is 346 g/mol. The van der Waals surface area contributed by atoms with Crippen molar-refractivity contribution in [1.29, 1.82) is 0 Å². The second-order valence-electron chi connectivity index (χ2n) is 4.78. The number of carbonyl (C=O) groups excluding carboxylic acids is 3. The Morgan fingerprint density at radius 2 is 2.17 bits per heavy atom. The number of amides is 4. The summed E-state index contributed by atoms with van der Waals surface area (Å²) in [6, 6.07) is 1.69. The van der Waals surface area contributed by atoms with Crippen LogP contribution in [0.25, 0.3) is 0 Å². The van der Waals surface area contributed by atoms with Crippen LogP contribution in [0.15, 0.2) is 24.5 Å². The highest BCUT2D eigenvalue weighted by Gasteiger charge is 2.69. The van der Waals surface area contributed by atoms with Crippen molar-refractivity contribution in [2.75, 3.05) is 6.61 Å². The van der Waals surface area contributed by atoms with Gasteiger partial charge in [0.1, 0.15) is 0 Å². The number of hydrogen-bond donors (Lipinski definition) is 2. The number of halogens is 3. The van der Waals surface area contributed by atoms with Crippen LogP contribution in [0.1, 0.15) is 12.5 Å². The van der Waals surface area contributed by atoms with Crippen molar-refractivity contribution in [3.05, 3.63) is 30.1 Å². The van der Waals surface area contributed by atoms with Crippen molar-refractivity contribution in [3.63, 3.8) is 0 Å². The number of ether oxygens (including phenoxy) is 1. The van der Waals surface area contributed by atoms with Crippen LogP contribution in [0, 0.1) is 0 Å². The second-order valence-corrected chi connectivity index (χ2v) is 4.78. The molecule has 4 amide bonds. The van der Waals surface area contributed by atoms with Crippen molar-refractivity contribution < 1.29 is 32.3 Å². The molecular formula is C13H13F3N4O4. The van der Waals surface area contributed by atoms with Crippen LogP contribution < -0.4 is 10.6 Å². The zero-order valence-electron chi connectivity index (χ0n) is 12.4. The lowest BCUT2D eigenvalue weighted by molar-refractivity contribution is -0.201. The Kier molecular flexibility index (Phi) is 4.62. The molecule has 1 aromatic rings. The predicted molar refractivity (Wildman–Crippen MR) is 72.3 cm³/mol. The number of alkyl carbamates (subject to hydrolysis) is 1. The van der Waals surface area contributed by atoms with Crippen molar-refractivity contribution in [2.45, 2.75) is 25.3 Å². The van der Waals surface area contributed by atoms with Gasteiger partial charge in [-0.3, -0.25) is 25.3 Å². The van der Waals surface area contributed by atoms with E-state index in [-0.39, 0.29) is 6.61 Å². The molecule has 130 valence electrons. The van der Waals surface area contributed by atoms with Crippen LogP contribution in [0.2, 0.25) is 0 Å². The number of nitrogens with zero attached hydrogens (tertiary/aromatic N) is 2. The molecule has 0 radical (unpaired) electrons. The highest BCUT2D eigenvalue weighted by Crippen LogP contribution is 2.34. The van der Waals surface area contributed by atoms with E-state index in [2.05, 4.69) is 9.72 Å². The summed E-state index contributed by atoms with van der Waals surface area (Å²) in [4.78, 5) is 39.6. The van der Waals surface area contributed by atoms with Gasteiger partial charge >= 0.3 is 18.3 Å². The summed E-state index contributed by atoms with van der Waals surface area (Å²) in [6.45, 7) is 0.742. The van der Waals surface area contributed by atoms with Gasteiger partial charge in [0.2, 0.25) is 0 Å². The van der Waals surface area contributed by atoms with Gasteiger partial charge in [0, 0.05) is 12.4 Å². The largest absolute Gasteiger partial charge is 0.450 e. The molecule has 0 aromatic carbocycles. The van der Waals surface area contributed by atoms with E-state index in [4.69, 9.17) is 0 Å². The zero-order chi connectivity index (χ0) is 18.0. The summed E-state index contributed by atoms with van der Waals surface area (Å²) in [5, 5.41) is 2.90. The van der Waals surface area contributed by atoms with E-state index in [1.54, 1.807) is 0 Å². The Hall–Kier alpha value is -2.85. The van der Waals surface area contributed by atoms with E-state index in [1.165, 1.54) is 42.1 Å². The molecule has 1 atom stereocenters. The lowest BCUT2D eigenvalue weighted by Gasteiger charge is -2.29. The summed E-state index contributed by atoms with van der Waals surface area (Å²) in [7, 11) is 0. The maximum absolute atomic E-state index is 13.4. The van der Waals surface area contributed by atoms with Gasteiger partial charge in [0.15, 0.2) is 0 Å². The first kappa shape index (κ1) is 17.5. The maximum atomic E-state index is 13.4. The molecule has 0 spiro atoms. The Balaban J connectivity index is 2.31. The number of pyridine rings is 1. The fourth-order valence-corrected chi connectivity index (χ4v) is 2.06. The Morgan fingerprint density at radius 3 is 2.71 bits per heavy atom. The Morgan fingerprint density at radius 1 is 1.46 bits per heavy atom. The Bertz CT molecular complexity index is 652. The number of carbonyl (C=O) groups is 3. The van der Waals surface area contributed by atoms with Gasteiger partial charge < -0.3 is 4.74 Å². The van der Waals surface area contributed by atoms with Crippen LogP contribution in [-0.2, 0) is 16.1 Å². The predicted octanol–water partition coefficient (Wildman–Crippen LogP) is 1.14. The molecule has 1 aliphatic heterocycles. The molecule has 8 nitrogen and oxygen atoms in total. The minimum absolute atomic E-state index is 0.207. The minimum Gasteiger partial charge on any atom is -0.450 e. The van der Waals surface area contributed by atoms with Crippen molar-refractivity contribution in [3.8, 4) is 0 Å². The third-order valence-electron chi connectivity index (χ3n) is 3.16. The molecule has 24 heavy (non-hydrogen) atoms. The molecule has 1 aliphatic rings. The van der Waals surface area contributed by atoms with E-state index in [0.29, 0.717) is 10.5 Å². The van der Waals surface area contributed by atoms with Gasteiger partial charge in [-0.2, -0.15) is 13.2 Å². The second kappa shape index (κ2) is 6.34. The molecule has 1 aromatic heterocycles. The third-order valence-corrected chi connectivity index (χ3v) is 3.16. The van der Waals surface area contributed by atoms with E-state index in [9.17, 15) is 27.6 Å². The number of hydrogen-bond acceptors (Lipinski definition) is 5. The number of imide groups is 1. The van der Waals surface area contributed by atoms with Gasteiger partial charge in [-0.05, 0) is 18.6 Å². The van der Waals surface area contributed by atoms with Crippen LogP contribution >= 0.6 is 0 Å². The van der Waals surface area contributed by atoms with Crippen molar-refractivity contribution in [2.24, 2.45) is 0 Å². The molecule has 0 saturated carbocycles. The normalized spacial score (nSPS) is 20.8. The number of aromatic nitrogens is 1. The molecule has 1 saturated heterocycles. The molecule has 0 unspecified atom stereocenters. The quantitative estimate of drug-likeness (QED) is 0.796. The molecule has 2 rings (SSSR count). The fourth-order valence-electron chi connectivity index (χ4n) is 2.06. The van der Waals surface area contributed by atoms with E-state index in [0.717, 1.165) is 0 Å². The van der Waals surface area contributed by atoms with Gasteiger partial charge in [-0.25, -0.2) is 9.59 Å². The molecule has 2 N–H and O–H groups in total. The van der Waals surface area contributed by atoms with Crippen molar-refractivity contribution >= 4 is 18.0 Å². The fraction of sp³-hybridized carbons (Fsp3) is 0.385. The first-order valence-corrected chi connectivity index (χ1v) is 6.76. The SMILES string of the molecule is CCOC(=O)N[C@@]1(C(F)(F)F)NC(=O)N(Cc2cccnc2)C1=O. The first-order valence-electron chi connectivity index (χ1n) is 6.76. The molecule has 1 fully saturated rings. The maximum Gasteiger partial charge on any atom is 0.440 e. The number of rotatable bonds is 4. The highest BCUT2D eigenvalue weighted by molar-refractivity contribution is 6.08. The molecule has 0 aliphatic carbocycles. The van der Waals surface area contributed by atoms with Gasteiger partial charge in [-0.1, -0.05) is 6.07 Å². The minimum atomic E-state index is -5.27. The summed E-state index contributed by atoms with van der Waals surface area (Å²) < 4.78 is 44.6. The van der Waals surface area contributed by atoms with Gasteiger partial charge in [0.25, 0.3) is 11.6 Å². The van der Waals surface area contributed by atoms with Crippen molar-refractivity contribution in [1.82, 2.24) is 20.5 Å². The Labute approximate surface area is 134 Å². The smallest absolute Gasteiger partial charge is 0.440 e. The van der Waals surface area contributed by atoms with E-state index >= 15 is 0 Å². The lowest BCUT2D eigenvalue weighted by atomic mass is 10.1. The number of nitrogens with one attached hydrogen (secondary N) is 2. The zero-order valence-corrected chi connectivity index (χ0v) is 12.4. The third kappa shape index (κ3) is 3.09. The van der Waals surface area contributed by atoms with Gasteiger partial charge in [0.05, 0.1) is 13.2 Å². The average molecular weight is 346 g/mol. The summed E-state index contributed by atoms with van der Waals surface area (Å²) in [5.74, 6) is -1.66. The summed E-state index contributed by atoms with van der Waals surface area (Å²) in [6.07, 6.45) is -4.02. The van der Waals surface area contributed by atoms with Gasteiger partial charge in [-0.15, -0.1) is 0 Å². The molecule has 2 heterocycles. The van der Waals surface area contributed by atoms with Crippen LogP contribution in [0.5, 0.6) is 0 Å². The molecular weight excluding hydrogens is 333 g/mol. The molecule has 0 bridgehead atoms. The lowest BCUT2D eigenvalue weighted by Crippen LogP contribution is -2.69. The van der Waals surface area contributed by atoms with E-state index < -0.39 is 36.4 Å². The van der Waals surface area contributed by atoms with Crippen LogP contribution in [-0.4, -0.2) is 46.4 Å².